The summed E-state index contributed by atoms with van der Waals surface area (Å²) in [4.78, 5) is 10.6. The number of benzene rings is 9. The highest BCUT2D eigenvalue weighted by atomic mass is 16.5. The van der Waals surface area contributed by atoms with Crippen molar-refractivity contribution in [3.05, 3.63) is 235 Å². The van der Waals surface area contributed by atoms with Gasteiger partial charge in [-0.1, -0.05) is 152 Å². The van der Waals surface area contributed by atoms with Crippen LogP contribution >= 0.6 is 0 Å². The average Bonchev–Trinajstić information content (AvgIpc) is 3.85. The molecule has 284 valence electrons. The van der Waals surface area contributed by atoms with Gasteiger partial charge in [-0.25, -0.2) is 9.97 Å². The Balaban J connectivity index is 0.987. The van der Waals surface area contributed by atoms with Gasteiger partial charge in [0, 0.05) is 38.7 Å². The molecule has 1 aliphatic carbocycles. The molecule has 11 aromatic rings. The van der Waals surface area contributed by atoms with Gasteiger partial charge in [0.1, 0.15) is 17.3 Å². The highest BCUT2D eigenvalue weighted by molar-refractivity contribution is 6.13. The van der Waals surface area contributed by atoms with Gasteiger partial charge in [-0.2, -0.15) is 0 Å². The van der Waals surface area contributed by atoms with E-state index in [1.54, 1.807) is 0 Å². The molecule has 4 heteroatoms. The lowest BCUT2D eigenvalue weighted by Gasteiger charge is -2.39. The first-order valence-corrected chi connectivity index (χ1v) is 20.8. The summed E-state index contributed by atoms with van der Waals surface area (Å²) in [5, 5.41) is 3.45. The first-order valence-electron chi connectivity index (χ1n) is 20.8. The lowest BCUT2D eigenvalue weighted by molar-refractivity contribution is 0.436. The molecule has 2 aromatic heterocycles. The van der Waals surface area contributed by atoms with E-state index >= 15 is 0 Å². The van der Waals surface area contributed by atoms with E-state index in [1.807, 2.05) is 12.1 Å². The first-order chi connectivity index (χ1) is 30.2. The van der Waals surface area contributed by atoms with Gasteiger partial charge >= 0.3 is 0 Å². The van der Waals surface area contributed by atoms with E-state index in [0.29, 0.717) is 0 Å². The van der Waals surface area contributed by atoms with Crippen LogP contribution in [-0.2, 0) is 5.41 Å². The van der Waals surface area contributed by atoms with E-state index in [4.69, 9.17) is 14.7 Å². The van der Waals surface area contributed by atoms with Gasteiger partial charge in [-0.15, -0.1) is 0 Å². The zero-order valence-electron chi connectivity index (χ0n) is 33.0. The predicted octanol–water partition coefficient (Wildman–Crippen LogP) is 14.2. The maximum atomic E-state index is 6.63. The number of para-hydroxylation sites is 6. The summed E-state index contributed by atoms with van der Waals surface area (Å²) in [5.41, 5.74) is 16.2. The minimum atomic E-state index is -0.548. The SMILES string of the molecule is c1ccc(-n2c(-c3ccc(-c4cccc(-c5nc6ccccc6c6cc7c(cc56)-c5ccccc5C75c6ccccc6Oc6ccccc65)c4)cc3)nc3ccccc32)cc1. The van der Waals surface area contributed by atoms with E-state index < -0.39 is 5.41 Å². The number of hydrogen-bond acceptors (Lipinski definition) is 3. The van der Waals surface area contributed by atoms with Crippen LogP contribution in [0.25, 0.3) is 83.3 Å². The summed E-state index contributed by atoms with van der Waals surface area (Å²) in [6.07, 6.45) is 0. The van der Waals surface area contributed by atoms with Crippen molar-refractivity contribution >= 4 is 32.7 Å². The number of aromatic nitrogens is 3. The molecule has 0 atom stereocenters. The van der Waals surface area contributed by atoms with E-state index in [1.165, 1.54) is 27.6 Å². The third-order valence-corrected chi connectivity index (χ3v) is 12.9. The number of nitrogens with zero attached hydrogens (tertiary/aromatic N) is 3. The van der Waals surface area contributed by atoms with Crippen LogP contribution in [0.5, 0.6) is 11.5 Å². The van der Waals surface area contributed by atoms with Gasteiger partial charge in [0.15, 0.2) is 0 Å². The van der Waals surface area contributed by atoms with E-state index in [9.17, 15) is 0 Å². The van der Waals surface area contributed by atoms with Crippen molar-refractivity contribution in [3.63, 3.8) is 0 Å². The lowest BCUT2D eigenvalue weighted by atomic mass is 9.66. The van der Waals surface area contributed by atoms with Crippen molar-refractivity contribution in [1.29, 1.82) is 0 Å². The van der Waals surface area contributed by atoms with Crippen molar-refractivity contribution in [2.45, 2.75) is 5.41 Å². The normalized spacial score (nSPS) is 13.2. The average molecular weight is 778 g/mol. The summed E-state index contributed by atoms with van der Waals surface area (Å²) >= 11 is 0. The first kappa shape index (κ1) is 33.8. The Labute approximate surface area is 352 Å². The second kappa shape index (κ2) is 13.0. The number of pyridine rings is 1. The molecule has 0 N–H and O–H groups in total. The predicted molar refractivity (Wildman–Crippen MR) is 248 cm³/mol. The van der Waals surface area contributed by atoms with Crippen molar-refractivity contribution in [2.24, 2.45) is 0 Å². The number of fused-ring (bicyclic) bond motifs is 13. The highest BCUT2D eigenvalue weighted by Gasteiger charge is 2.51. The zero-order valence-corrected chi connectivity index (χ0v) is 33.0. The molecule has 3 heterocycles. The molecule has 4 nitrogen and oxygen atoms in total. The Kier molecular flexibility index (Phi) is 7.19. The maximum Gasteiger partial charge on any atom is 0.145 e. The molecule has 0 amide bonds. The fraction of sp³-hybridized carbons (Fsp3) is 0.0175. The number of imidazole rings is 1. The topological polar surface area (TPSA) is 39.9 Å². The minimum absolute atomic E-state index is 0.548. The number of rotatable bonds is 4. The molecule has 9 aromatic carbocycles. The number of ether oxygens (including phenoxy) is 1. The third kappa shape index (κ3) is 4.87. The molecule has 1 spiro atoms. The zero-order chi connectivity index (χ0) is 40.1. The van der Waals surface area contributed by atoms with Crippen LogP contribution in [0.15, 0.2) is 212 Å². The molecule has 1 aliphatic heterocycles. The molecule has 0 unspecified atom stereocenters. The summed E-state index contributed by atoms with van der Waals surface area (Å²) in [6.45, 7) is 0. The molecule has 0 fully saturated rings. The quantitative estimate of drug-likeness (QED) is 0.167. The molecule has 0 radical (unpaired) electrons. The smallest absolute Gasteiger partial charge is 0.145 e. The van der Waals surface area contributed by atoms with Crippen LogP contribution in [0, 0.1) is 0 Å². The van der Waals surface area contributed by atoms with Crippen molar-refractivity contribution in [3.8, 4) is 62.1 Å². The van der Waals surface area contributed by atoms with Gasteiger partial charge in [0.05, 0.1) is 27.7 Å². The molecular weight excluding hydrogens is 743 g/mol. The monoisotopic (exact) mass is 777 g/mol. The molecule has 0 saturated heterocycles. The Bertz CT molecular complexity index is 3520. The van der Waals surface area contributed by atoms with Crippen LogP contribution in [0.1, 0.15) is 22.3 Å². The molecule has 61 heavy (non-hydrogen) atoms. The van der Waals surface area contributed by atoms with E-state index in [0.717, 1.165) is 89.4 Å². The number of hydrogen-bond donors (Lipinski definition) is 0. The summed E-state index contributed by atoms with van der Waals surface area (Å²) < 4.78 is 8.88. The molecule has 0 bridgehead atoms. The highest BCUT2D eigenvalue weighted by Crippen LogP contribution is 2.62. The van der Waals surface area contributed by atoms with Crippen LogP contribution < -0.4 is 4.74 Å². The second-order valence-electron chi connectivity index (χ2n) is 16.1. The van der Waals surface area contributed by atoms with E-state index in [-0.39, 0.29) is 0 Å². The van der Waals surface area contributed by atoms with E-state index in [2.05, 4.69) is 205 Å². The second-order valence-corrected chi connectivity index (χ2v) is 16.1. The lowest BCUT2D eigenvalue weighted by Crippen LogP contribution is -2.32. The fourth-order valence-electron chi connectivity index (χ4n) is 10.2. The van der Waals surface area contributed by atoms with Crippen LogP contribution in [0.2, 0.25) is 0 Å². The van der Waals surface area contributed by atoms with Gasteiger partial charge in [-0.3, -0.25) is 4.57 Å². The van der Waals surface area contributed by atoms with Gasteiger partial charge in [-0.05, 0) is 99.4 Å². The molecular formula is C57H35N3O. The Morgan fingerprint density at radius 2 is 1.02 bits per heavy atom. The largest absolute Gasteiger partial charge is 0.457 e. The van der Waals surface area contributed by atoms with Gasteiger partial charge in [0.25, 0.3) is 0 Å². The molecule has 2 aliphatic rings. The van der Waals surface area contributed by atoms with Gasteiger partial charge < -0.3 is 4.74 Å². The van der Waals surface area contributed by atoms with Crippen LogP contribution in [0.3, 0.4) is 0 Å². The minimum Gasteiger partial charge on any atom is -0.457 e. The van der Waals surface area contributed by atoms with Crippen molar-refractivity contribution in [2.75, 3.05) is 0 Å². The Hall–Kier alpha value is -8.08. The maximum absolute atomic E-state index is 6.63. The summed E-state index contributed by atoms with van der Waals surface area (Å²) in [5.74, 6) is 2.70. The fourth-order valence-corrected chi connectivity index (χ4v) is 10.2. The van der Waals surface area contributed by atoms with Crippen molar-refractivity contribution in [1.82, 2.24) is 14.5 Å². The van der Waals surface area contributed by atoms with Gasteiger partial charge in [0.2, 0.25) is 0 Å². The standard InChI is InChI=1S/C57H35N3O/c1-2-17-40(18-3-1)60-52-26-11-10-25-51(52)59-56(60)37-31-29-36(30-32-37)38-15-14-16-39(33-38)55-45-34-44-41-19-4-6-21-46(41)57(49(44)35-43(45)42-20-5-9-24-50(42)58-55)47-22-7-12-27-53(47)61-54-28-13-8-23-48(54)57/h1-35H. The molecule has 0 saturated carbocycles. The van der Waals surface area contributed by atoms with Crippen LogP contribution in [0.4, 0.5) is 0 Å². The summed E-state index contributed by atoms with van der Waals surface area (Å²) in [6, 6.07) is 75.9. The Morgan fingerprint density at radius 1 is 0.377 bits per heavy atom. The van der Waals surface area contributed by atoms with Crippen LogP contribution in [-0.4, -0.2) is 14.5 Å². The van der Waals surface area contributed by atoms with Crippen molar-refractivity contribution < 1.29 is 4.74 Å². The summed E-state index contributed by atoms with van der Waals surface area (Å²) in [7, 11) is 0. The Morgan fingerprint density at radius 3 is 1.82 bits per heavy atom. The third-order valence-electron chi connectivity index (χ3n) is 12.9. The molecule has 13 rings (SSSR count).